The van der Waals surface area contributed by atoms with Crippen molar-refractivity contribution in [2.24, 2.45) is 12.0 Å². The first-order chi connectivity index (χ1) is 14.2. The summed E-state index contributed by atoms with van der Waals surface area (Å²) in [6.45, 7) is 3.94. The van der Waals surface area contributed by atoms with Crippen molar-refractivity contribution in [1.82, 2.24) is 30.4 Å². The van der Waals surface area contributed by atoms with Crippen LogP contribution >= 0.6 is 11.3 Å². The summed E-state index contributed by atoms with van der Waals surface area (Å²) in [5.74, 6) is 2.50. The normalized spacial score (nSPS) is 11.9. The topological polar surface area (TPSA) is 82.9 Å². The first kappa shape index (κ1) is 19.2. The Bertz CT molecular complexity index is 1060. The van der Waals surface area contributed by atoms with Crippen molar-refractivity contribution in [2.45, 2.75) is 26.4 Å². The molecule has 0 atom stereocenters. The zero-order chi connectivity index (χ0) is 20.1. The second-order valence-electron chi connectivity index (χ2n) is 6.88. The highest BCUT2D eigenvalue weighted by Crippen LogP contribution is 2.14. The third-order valence-electron chi connectivity index (χ3n) is 4.84. The molecular formula is C21H25N7S. The summed E-state index contributed by atoms with van der Waals surface area (Å²) in [4.78, 5) is 9.45. The molecule has 3 aromatic heterocycles. The van der Waals surface area contributed by atoms with E-state index in [4.69, 9.17) is 4.99 Å². The fraction of sp³-hybridized carbons (Fsp3) is 0.286. The fourth-order valence-electron chi connectivity index (χ4n) is 3.08. The van der Waals surface area contributed by atoms with Crippen LogP contribution in [0.3, 0.4) is 0 Å². The van der Waals surface area contributed by atoms with Crippen LogP contribution in [0, 0.1) is 6.92 Å². The zero-order valence-corrected chi connectivity index (χ0v) is 17.5. The van der Waals surface area contributed by atoms with Crippen LogP contribution in [0.2, 0.25) is 0 Å². The van der Waals surface area contributed by atoms with Crippen molar-refractivity contribution >= 4 is 28.2 Å². The average molecular weight is 408 g/mol. The summed E-state index contributed by atoms with van der Waals surface area (Å²) in [5.41, 5.74) is 2.38. The van der Waals surface area contributed by atoms with E-state index < -0.39 is 0 Å². The van der Waals surface area contributed by atoms with Gasteiger partial charge in [-0.3, -0.25) is 0 Å². The SMILES string of the molecule is Cc1nnc(CN=C(NCCc2cc3ccccc3[nH]2)NCc2cccs2)n1C. The maximum Gasteiger partial charge on any atom is 0.192 e. The molecule has 0 aliphatic carbocycles. The molecule has 0 bridgehead atoms. The zero-order valence-electron chi connectivity index (χ0n) is 16.6. The van der Waals surface area contributed by atoms with E-state index in [0.29, 0.717) is 6.54 Å². The van der Waals surface area contributed by atoms with Gasteiger partial charge in [0.15, 0.2) is 11.8 Å². The van der Waals surface area contributed by atoms with Gasteiger partial charge in [0.25, 0.3) is 0 Å². The van der Waals surface area contributed by atoms with E-state index in [1.165, 1.54) is 21.5 Å². The smallest absolute Gasteiger partial charge is 0.192 e. The first-order valence-corrected chi connectivity index (χ1v) is 10.5. The highest BCUT2D eigenvalue weighted by Gasteiger charge is 2.06. The van der Waals surface area contributed by atoms with Gasteiger partial charge in [0.1, 0.15) is 12.4 Å². The molecule has 0 amide bonds. The lowest BCUT2D eigenvalue weighted by atomic mass is 10.2. The number of thiophene rings is 1. The molecule has 3 N–H and O–H groups in total. The summed E-state index contributed by atoms with van der Waals surface area (Å²) in [6, 6.07) is 14.7. The van der Waals surface area contributed by atoms with E-state index in [2.05, 4.69) is 67.6 Å². The second-order valence-corrected chi connectivity index (χ2v) is 7.91. The van der Waals surface area contributed by atoms with Gasteiger partial charge in [0.2, 0.25) is 0 Å². The van der Waals surface area contributed by atoms with Crippen molar-refractivity contribution in [3.63, 3.8) is 0 Å². The van der Waals surface area contributed by atoms with Gasteiger partial charge in [-0.05, 0) is 35.9 Å². The number of aliphatic imine (C=N–C) groups is 1. The quantitative estimate of drug-likeness (QED) is 0.325. The van der Waals surface area contributed by atoms with Crippen LogP contribution in [0.1, 0.15) is 22.2 Å². The molecule has 3 heterocycles. The Morgan fingerprint density at radius 1 is 1.17 bits per heavy atom. The monoisotopic (exact) mass is 407 g/mol. The number of nitrogens with zero attached hydrogens (tertiary/aromatic N) is 4. The number of guanidine groups is 1. The number of aryl methyl sites for hydroxylation is 1. The summed E-state index contributed by atoms with van der Waals surface area (Å²) >= 11 is 1.73. The minimum atomic E-state index is 0.476. The van der Waals surface area contributed by atoms with Crippen LogP contribution in [-0.2, 0) is 26.6 Å². The van der Waals surface area contributed by atoms with Gasteiger partial charge < -0.3 is 20.2 Å². The molecular weight excluding hydrogens is 382 g/mol. The van der Waals surface area contributed by atoms with Gasteiger partial charge in [0.05, 0.1) is 6.54 Å². The fourth-order valence-corrected chi connectivity index (χ4v) is 3.73. The molecule has 0 aliphatic heterocycles. The number of aromatic nitrogens is 4. The van der Waals surface area contributed by atoms with E-state index in [1.54, 1.807) is 11.3 Å². The van der Waals surface area contributed by atoms with Crippen molar-refractivity contribution in [3.8, 4) is 0 Å². The Morgan fingerprint density at radius 3 is 2.83 bits per heavy atom. The Kier molecular flexibility index (Phi) is 5.90. The molecule has 0 saturated carbocycles. The molecule has 1 aromatic carbocycles. The van der Waals surface area contributed by atoms with Gasteiger partial charge >= 0.3 is 0 Å². The van der Waals surface area contributed by atoms with E-state index in [1.807, 2.05) is 24.6 Å². The number of benzene rings is 1. The van der Waals surface area contributed by atoms with Crippen molar-refractivity contribution in [1.29, 1.82) is 0 Å². The van der Waals surface area contributed by atoms with Crippen molar-refractivity contribution < 1.29 is 0 Å². The highest BCUT2D eigenvalue weighted by atomic mass is 32.1. The molecule has 0 spiro atoms. The van der Waals surface area contributed by atoms with Crippen molar-refractivity contribution in [3.05, 3.63) is 70.1 Å². The molecule has 0 fully saturated rings. The molecule has 4 aromatic rings. The predicted molar refractivity (Wildman–Crippen MR) is 118 cm³/mol. The number of rotatable bonds is 7. The summed E-state index contributed by atoms with van der Waals surface area (Å²) in [7, 11) is 1.96. The Morgan fingerprint density at radius 2 is 2.07 bits per heavy atom. The van der Waals surface area contributed by atoms with Crippen molar-refractivity contribution in [2.75, 3.05) is 6.54 Å². The number of H-pyrrole nitrogens is 1. The molecule has 150 valence electrons. The third-order valence-corrected chi connectivity index (χ3v) is 5.72. The molecule has 0 unspecified atom stereocenters. The summed E-state index contributed by atoms with van der Waals surface area (Å²) in [6.07, 6.45) is 0.886. The number of nitrogens with one attached hydrogen (secondary N) is 3. The van der Waals surface area contributed by atoms with E-state index in [0.717, 1.165) is 37.1 Å². The Labute approximate surface area is 173 Å². The highest BCUT2D eigenvalue weighted by molar-refractivity contribution is 7.09. The third kappa shape index (κ3) is 4.83. The molecule has 0 aliphatic rings. The van der Waals surface area contributed by atoms with Crippen LogP contribution < -0.4 is 10.6 Å². The molecule has 0 radical (unpaired) electrons. The Hall–Kier alpha value is -3.13. The van der Waals surface area contributed by atoms with E-state index >= 15 is 0 Å². The van der Waals surface area contributed by atoms with Crippen LogP contribution in [0.5, 0.6) is 0 Å². The van der Waals surface area contributed by atoms with Gasteiger partial charge in [-0.25, -0.2) is 4.99 Å². The number of aromatic amines is 1. The standard InChI is InChI=1S/C21H25N7S/c1-15-26-27-20(28(15)2)14-24-21(23-13-18-7-5-11-29-18)22-10-9-17-12-16-6-3-4-8-19(16)25-17/h3-8,11-12,25H,9-10,13-14H2,1-2H3,(H2,22,23,24). The van der Waals surface area contributed by atoms with Crippen LogP contribution in [0.15, 0.2) is 52.8 Å². The van der Waals surface area contributed by atoms with Gasteiger partial charge in [-0.2, -0.15) is 0 Å². The minimum Gasteiger partial charge on any atom is -0.358 e. The predicted octanol–water partition coefficient (Wildman–Crippen LogP) is 3.14. The minimum absolute atomic E-state index is 0.476. The molecule has 4 rings (SSSR count). The average Bonchev–Trinajstić information content (AvgIpc) is 3.45. The van der Waals surface area contributed by atoms with E-state index in [-0.39, 0.29) is 0 Å². The molecule has 29 heavy (non-hydrogen) atoms. The van der Waals surface area contributed by atoms with E-state index in [9.17, 15) is 0 Å². The van der Waals surface area contributed by atoms with Crippen LogP contribution in [-0.4, -0.2) is 32.3 Å². The maximum absolute atomic E-state index is 4.71. The number of para-hydroxylation sites is 1. The molecule has 7 nitrogen and oxygen atoms in total. The lowest BCUT2D eigenvalue weighted by molar-refractivity contribution is 0.748. The van der Waals surface area contributed by atoms with Crippen LogP contribution in [0.4, 0.5) is 0 Å². The summed E-state index contributed by atoms with van der Waals surface area (Å²) < 4.78 is 1.96. The van der Waals surface area contributed by atoms with Gasteiger partial charge in [0, 0.05) is 36.1 Å². The lowest BCUT2D eigenvalue weighted by Crippen LogP contribution is -2.38. The van der Waals surface area contributed by atoms with Gasteiger partial charge in [-0.1, -0.05) is 24.3 Å². The van der Waals surface area contributed by atoms with Crippen LogP contribution in [0.25, 0.3) is 10.9 Å². The number of fused-ring (bicyclic) bond motifs is 1. The Balaban J connectivity index is 1.39. The number of hydrogen-bond donors (Lipinski definition) is 3. The molecule has 8 heteroatoms. The molecule has 0 saturated heterocycles. The second kappa shape index (κ2) is 8.91. The largest absolute Gasteiger partial charge is 0.358 e. The maximum atomic E-state index is 4.71. The van der Waals surface area contributed by atoms with Gasteiger partial charge in [-0.15, -0.1) is 21.5 Å². The lowest BCUT2D eigenvalue weighted by Gasteiger charge is -2.12. The summed E-state index contributed by atoms with van der Waals surface area (Å²) in [5, 5.41) is 18.5. The first-order valence-electron chi connectivity index (χ1n) is 9.65. The number of hydrogen-bond acceptors (Lipinski definition) is 4.